The van der Waals surface area contributed by atoms with Gasteiger partial charge in [0.15, 0.2) is 0 Å². The van der Waals surface area contributed by atoms with Crippen molar-refractivity contribution in [2.24, 2.45) is 3.77 Å². The molecular weight excluding hydrogens is 328 g/mol. The minimum absolute atomic E-state index is 0.240. The highest BCUT2D eigenvalue weighted by Crippen LogP contribution is 2.20. The van der Waals surface area contributed by atoms with Gasteiger partial charge in [0.1, 0.15) is 0 Å². The number of hydrogen-bond acceptors (Lipinski definition) is 2. The van der Waals surface area contributed by atoms with Crippen molar-refractivity contribution in [2.45, 2.75) is 30.6 Å². The van der Waals surface area contributed by atoms with Gasteiger partial charge < -0.3 is 0 Å². The minimum atomic E-state index is -3.69. The summed E-state index contributed by atoms with van der Waals surface area (Å²) >= 11 is 0. The van der Waals surface area contributed by atoms with Gasteiger partial charge in [-0.05, 0) is 31.2 Å². The molecule has 0 aliphatic rings. The fourth-order valence-corrected chi connectivity index (χ4v) is 5.57. The van der Waals surface area contributed by atoms with Crippen LogP contribution in [0, 0.1) is 6.92 Å². The van der Waals surface area contributed by atoms with E-state index in [4.69, 9.17) is 0 Å². The van der Waals surface area contributed by atoms with E-state index in [2.05, 4.69) is 8.07 Å². The van der Waals surface area contributed by atoms with Crippen LogP contribution in [0.3, 0.4) is 0 Å². The van der Waals surface area contributed by atoms with Crippen LogP contribution in [0.2, 0.25) is 0 Å². The molecule has 0 aromatic heterocycles. The number of rotatable bonds is 6. The summed E-state index contributed by atoms with van der Waals surface area (Å²) in [5.74, 6) is 0. The second-order valence-corrected chi connectivity index (χ2v) is 8.59. The molecule has 0 bridgehead atoms. The van der Waals surface area contributed by atoms with Crippen LogP contribution in [0.1, 0.15) is 19.4 Å². The molecule has 0 aliphatic heterocycles. The van der Waals surface area contributed by atoms with E-state index in [1.165, 1.54) is 0 Å². The van der Waals surface area contributed by atoms with Crippen molar-refractivity contribution < 1.29 is 8.42 Å². The lowest BCUT2D eigenvalue weighted by molar-refractivity contribution is 0.517. The lowest BCUT2D eigenvalue weighted by atomic mass is 10.2. The summed E-state index contributed by atoms with van der Waals surface area (Å²) in [5.41, 5.74) is 1.02. The van der Waals surface area contributed by atoms with Crippen LogP contribution in [0.5, 0.6) is 0 Å². The third-order valence-corrected chi connectivity index (χ3v) is 7.31. The van der Waals surface area contributed by atoms with E-state index in [0.717, 1.165) is 23.5 Å². The van der Waals surface area contributed by atoms with Crippen LogP contribution in [-0.4, -0.2) is 25.8 Å². The molecule has 0 N–H and O–H groups in total. The molecule has 0 fully saturated rings. The number of benzene rings is 2. The monoisotopic (exact) mass is 350 g/mol. The van der Waals surface area contributed by atoms with E-state index in [-0.39, 0.29) is 4.90 Å². The van der Waals surface area contributed by atoms with Crippen molar-refractivity contribution in [1.82, 2.24) is 4.31 Å². The highest BCUT2D eigenvalue weighted by atomic mass is 32.3. The third-order valence-electron chi connectivity index (χ3n) is 3.39. The zero-order valence-corrected chi connectivity index (χ0v) is 15.3. The fourth-order valence-electron chi connectivity index (χ4n) is 2.10. The Morgan fingerprint density at radius 3 is 2.04 bits per heavy atom. The molecule has 2 rings (SSSR count). The average molecular weight is 351 g/mol. The number of hydrogen-bond donors (Lipinski definition) is 0. The molecule has 0 radical (unpaired) electrons. The van der Waals surface area contributed by atoms with E-state index in [0.29, 0.717) is 0 Å². The van der Waals surface area contributed by atoms with Crippen molar-refractivity contribution in [3.8, 4) is 0 Å². The zero-order chi connectivity index (χ0) is 16.9. The smallest absolute Gasteiger partial charge is 0.237 e. The van der Waals surface area contributed by atoms with E-state index in [9.17, 15) is 8.42 Å². The van der Waals surface area contributed by atoms with Crippen molar-refractivity contribution >= 4 is 20.9 Å². The van der Waals surface area contributed by atoms with Gasteiger partial charge in [-0.15, -0.1) is 3.77 Å². The first-order valence-corrected chi connectivity index (χ1v) is 10.1. The first-order chi connectivity index (χ1) is 11.0. The van der Waals surface area contributed by atoms with E-state index < -0.39 is 20.9 Å². The molecule has 2 aromatic carbocycles. The highest BCUT2D eigenvalue weighted by molar-refractivity contribution is 7.99. The molecule has 6 heteroatoms. The molecule has 1 atom stereocenters. The van der Waals surface area contributed by atoms with E-state index in [1.54, 1.807) is 24.3 Å². The molecule has 0 heterocycles. The van der Waals surface area contributed by atoms with Gasteiger partial charge in [-0.1, -0.05) is 49.7 Å². The molecule has 2 aromatic rings. The largest absolute Gasteiger partial charge is 0.289 e. The van der Waals surface area contributed by atoms with Gasteiger partial charge in [-0.3, -0.25) is 0 Å². The summed E-state index contributed by atoms with van der Waals surface area (Å²) < 4.78 is 31.7. The number of sulfonamides is 1. The summed E-state index contributed by atoms with van der Waals surface area (Å²) in [6.45, 7) is 7.43. The summed E-state index contributed by atoms with van der Waals surface area (Å²) in [6.07, 6.45) is 0. The quantitative estimate of drug-likeness (QED) is 0.796. The molecule has 124 valence electrons. The van der Waals surface area contributed by atoms with E-state index in [1.807, 2.05) is 51.1 Å². The highest BCUT2D eigenvalue weighted by Gasteiger charge is 2.18. The molecule has 0 amide bonds. The Morgan fingerprint density at radius 2 is 1.52 bits per heavy atom. The average Bonchev–Trinajstić information content (AvgIpc) is 2.56. The predicted octanol–water partition coefficient (Wildman–Crippen LogP) is 3.80. The van der Waals surface area contributed by atoms with Gasteiger partial charge in [0.2, 0.25) is 0 Å². The molecule has 0 saturated carbocycles. The lowest BCUT2D eigenvalue weighted by Gasteiger charge is -2.21. The molecule has 0 aliphatic carbocycles. The predicted molar refractivity (Wildman–Crippen MR) is 95.8 cm³/mol. The zero-order valence-electron chi connectivity index (χ0n) is 13.6. The van der Waals surface area contributed by atoms with Crippen molar-refractivity contribution in [1.29, 1.82) is 0 Å². The summed E-state index contributed by atoms with van der Waals surface area (Å²) in [6, 6.07) is 16.4. The third kappa shape index (κ3) is 4.50. The standard InChI is InChI=1S/C17H22N2O2S2/c1-4-19(5-2)22(16-9-7-6-8-10-16)18-23(20,21)17-13-11-15(3)12-14-17/h6-14H,4-5H2,1-3H3. The Bertz CT molecular complexity index is 766. The minimum Gasteiger partial charge on any atom is -0.237 e. The molecule has 4 nitrogen and oxygen atoms in total. The Labute approximate surface area is 141 Å². The summed E-state index contributed by atoms with van der Waals surface area (Å²) in [7, 11) is -4.52. The van der Waals surface area contributed by atoms with Crippen LogP contribution in [-0.2, 0) is 20.9 Å². The maximum atomic E-state index is 12.7. The van der Waals surface area contributed by atoms with Crippen LogP contribution in [0.25, 0.3) is 0 Å². The van der Waals surface area contributed by atoms with Crippen molar-refractivity contribution in [3.05, 3.63) is 60.2 Å². The van der Waals surface area contributed by atoms with Gasteiger partial charge >= 0.3 is 0 Å². The maximum absolute atomic E-state index is 12.7. The lowest BCUT2D eigenvalue weighted by Crippen LogP contribution is -2.26. The first kappa shape index (κ1) is 17.8. The summed E-state index contributed by atoms with van der Waals surface area (Å²) in [5, 5.41) is 0. The first-order valence-electron chi connectivity index (χ1n) is 7.57. The van der Waals surface area contributed by atoms with Crippen LogP contribution in [0.4, 0.5) is 0 Å². The Kier molecular flexibility index (Phi) is 6.10. The Balaban J connectivity index is 2.53. The van der Waals surface area contributed by atoms with Gasteiger partial charge in [0, 0.05) is 28.9 Å². The summed E-state index contributed by atoms with van der Waals surface area (Å²) in [4.78, 5) is 1.15. The second kappa shape index (κ2) is 7.86. The fraction of sp³-hybridized carbons (Fsp3) is 0.294. The number of aryl methyl sites for hydroxylation is 1. The van der Waals surface area contributed by atoms with Gasteiger partial charge in [-0.2, -0.15) is 8.42 Å². The molecular formula is C17H22N2O2S2. The maximum Gasteiger partial charge on any atom is 0.289 e. The second-order valence-electron chi connectivity index (χ2n) is 5.05. The van der Waals surface area contributed by atoms with Gasteiger partial charge in [-0.25, -0.2) is 4.31 Å². The van der Waals surface area contributed by atoms with Crippen LogP contribution >= 0.6 is 0 Å². The van der Waals surface area contributed by atoms with Crippen LogP contribution < -0.4 is 0 Å². The van der Waals surface area contributed by atoms with Crippen LogP contribution in [0.15, 0.2) is 68.2 Å². The normalized spacial score (nSPS) is 13.4. The SMILES string of the molecule is CCN(CC)S(=NS(=O)(=O)c1ccc(C)cc1)c1ccccc1. The number of nitrogens with zero attached hydrogens (tertiary/aromatic N) is 2. The molecule has 1 unspecified atom stereocenters. The van der Waals surface area contributed by atoms with Gasteiger partial charge in [0.25, 0.3) is 10.0 Å². The van der Waals surface area contributed by atoms with Crippen molar-refractivity contribution in [2.75, 3.05) is 13.1 Å². The topological polar surface area (TPSA) is 49.7 Å². The molecule has 23 heavy (non-hydrogen) atoms. The Hall–Kier alpha value is -1.50. The van der Waals surface area contributed by atoms with Crippen molar-refractivity contribution in [3.63, 3.8) is 0 Å². The molecule has 0 spiro atoms. The Morgan fingerprint density at radius 1 is 0.957 bits per heavy atom. The molecule has 0 saturated heterocycles. The van der Waals surface area contributed by atoms with Gasteiger partial charge in [0.05, 0.1) is 4.90 Å². The van der Waals surface area contributed by atoms with E-state index >= 15 is 0 Å².